The molecule has 3 heteroatoms. The number of piperazine rings is 1. The van der Waals surface area contributed by atoms with Gasteiger partial charge >= 0.3 is 0 Å². The minimum absolute atomic E-state index is 0.440. The van der Waals surface area contributed by atoms with E-state index in [9.17, 15) is 0 Å². The Morgan fingerprint density at radius 2 is 2.00 bits per heavy atom. The molecular formula is C16H32N2O. The van der Waals surface area contributed by atoms with E-state index >= 15 is 0 Å². The molecule has 19 heavy (non-hydrogen) atoms. The zero-order chi connectivity index (χ0) is 13.6. The van der Waals surface area contributed by atoms with Gasteiger partial charge in [-0.15, -0.1) is 0 Å². The lowest BCUT2D eigenvalue weighted by atomic mass is 9.79. The first-order valence-electron chi connectivity index (χ1n) is 8.36. The highest BCUT2D eigenvalue weighted by atomic mass is 16.5. The van der Waals surface area contributed by atoms with Gasteiger partial charge in [-0.2, -0.15) is 0 Å². The largest absolute Gasteiger partial charge is 0.382 e. The van der Waals surface area contributed by atoms with Crippen LogP contribution < -0.4 is 5.32 Å². The Hall–Kier alpha value is -0.120. The minimum atomic E-state index is 0.440. The van der Waals surface area contributed by atoms with Crippen LogP contribution in [0, 0.1) is 0 Å². The normalized spacial score (nSPS) is 27.8. The molecule has 1 spiro atoms. The van der Waals surface area contributed by atoms with Crippen molar-refractivity contribution in [3.05, 3.63) is 0 Å². The molecule has 3 nitrogen and oxygen atoms in total. The van der Waals surface area contributed by atoms with Crippen molar-refractivity contribution in [1.29, 1.82) is 0 Å². The smallest absolute Gasteiger partial charge is 0.0478 e. The number of hydrogen-bond acceptors (Lipinski definition) is 3. The van der Waals surface area contributed by atoms with E-state index in [4.69, 9.17) is 4.74 Å². The number of ether oxygens (including phenoxy) is 1. The van der Waals surface area contributed by atoms with Crippen LogP contribution in [0.5, 0.6) is 0 Å². The molecule has 2 rings (SSSR count). The lowest BCUT2D eigenvalue weighted by Crippen LogP contribution is -2.64. The van der Waals surface area contributed by atoms with Gasteiger partial charge < -0.3 is 10.1 Å². The zero-order valence-corrected chi connectivity index (χ0v) is 12.9. The summed E-state index contributed by atoms with van der Waals surface area (Å²) in [5.41, 5.74) is 0.440. The summed E-state index contributed by atoms with van der Waals surface area (Å²) >= 11 is 0. The van der Waals surface area contributed by atoms with Crippen molar-refractivity contribution in [2.45, 2.75) is 70.4 Å². The van der Waals surface area contributed by atoms with E-state index in [-0.39, 0.29) is 0 Å². The summed E-state index contributed by atoms with van der Waals surface area (Å²) in [6.45, 7) is 9.83. The summed E-state index contributed by atoms with van der Waals surface area (Å²) in [7, 11) is 0. The van der Waals surface area contributed by atoms with Gasteiger partial charge in [0.1, 0.15) is 0 Å². The molecule has 0 aromatic carbocycles. The molecule has 0 aromatic rings. The average molecular weight is 268 g/mol. The third kappa shape index (κ3) is 4.17. The van der Waals surface area contributed by atoms with Crippen LogP contribution in [0.1, 0.15) is 58.8 Å². The van der Waals surface area contributed by atoms with Gasteiger partial charge in [0, 0.05) is 44.4 Å². The molecule has 0 amide bonds. The van der Waals surface area contributed by atoms with E-state index in [1.165, 1.54) is 64.6 Å². The van der Waals surface area contributed by atoms with E-state index in [1.54, 1.807) is 0 Å². The maximum Gasteiger partial charge on any atom is 0.0478 e. The van der Waals surface area contributed by atoms with Crippen LogP contribution in [0.25, 0.3) is 0 Å². The molecular weight excluding hydrogens is 236 g/mol. The monoisotopic (exact) mass is 268 g/mol. The standard InChI is InChI=1S/C16H32N2O/c1-3-15-13-17-16(9-6-5-7-10-16)14-18(15)11-8-12-19-4-2/h15,17H,3-14H2,1-2H3. The highest BCUT2D eigenvalue weighted by Crippen LogP contribution is 2.32. The van der Waals surface area contributed by atoms with Gasteiger partial charge in [0.15, 0.2) is 0 Å². The number of hydrogen-bond donors (Lipinski definition) is 1. The summed E-state index contributed by atoms with van der Waals surface area (Å²) in [4.78, 5) is 2.74. The van der Waals surface area contributed by atoms with E-state index in [0.717, 1.165) is 19.3 Å². The quantitative estimate of drug-likeness (QED) is 0.750. The molecule has 1 saturated heterocycles. The fourth-order valence-electron chi connectivity index (χ4n) is 3.78. The molecule has 1 aliphatic carbocycles. The predicted octanol–water partition coefficient (Wildman–Crippen LogP) is 2.80. The molecule has 0 bridgehead atoms. The van der Waals surface area contributed by atoms with Crippen molar-refractivity contribution in [1.82, 2.24) is 10.2 Å². The van der Waals surface area contributed by atoms with Gasteiger partial charge in [-0.25, -0.2) is 0 Å². The van der Waals surface area contributed by atoms with Crippen molar-refractivity contribution in [3.8, 4) is 0 Å². The summed E-state index contributed by atoms with van der Waals surface area (Å²) in [6, 6.07) is 0.731. The van der Waals surface area contributed by atoms with Crippen LogP contribution in [-0.4, -0.2) is 49.3 Å². The molecule has 112 valence electrons. The van der Waals surface area contributed by atoms with Crippen molar-refractivity contribution >= 4 is 0 Å². The topological polar surface area (TPSA) is 24.5 Å². The Labute approximate surface area is 119 Å². The molecule has 1 N–H and O–H groups in total. The Kier molecular flexibility index (Phi) is 6.11. The first kappa shape index (κ1) is 15.3. The van der Waals surface area contributed by atoms with Crippen LogP contribution >= 0.6 is 0 Å². The molecule has 1 unspecified atom stereocenters. The number of nitrogens with one attached hydrogen (secondary N) is 1. The van der Waals surface area contributed by atoms with Crippen LogP contribution in [0.2, 0.25) is 0 Å². The fraction of sp³-hybridized carbons (Fsp3) is 1.00. The van der Waals surface area contributed by atoms with E-state index in [1.807, 2.05) is 0 Å². The second-order valence-electron chi connectivity index (χ2n) is 6.30. The molecule has 1 heterocycles. The van der Waals surface area contributed by atoms with Gasteiger partial charge in [0.05, 0.1) is 0 Å². The van der Waals surface area contributed by atoms with E-state index in [0.29, 0.717) is 5.54 Å². The first-order chi connectivity index (χ1) is 9.29. The van der Waals surface area contributed by atoms with Gasteiger partial charge in [0.25, 0.3) is 0 Å². The number of rotatable bonds is 6. The van der Waals surface area contributed by atoms with Gasteiger partial charge in [-0.3, -0.25) is 4.90 Å². The van der Waals surface area contributed by atoms with E-state index in [2.05, 4.69) is 24.1 Å². The third-order valence-corrected chi connectivity index (χ3v) is 4.95. The highest BCUT2D eigenvalue weighted by molar-refractivity contribution is 4.99. The highest BCUT2D eigenvalue weighted by Gasteiger charge is 2.38. The molecule has 1 aliphatic heterocycles. The van der Waals surface area contributed by atoms with Gasteiger partial charge in [-0.1, -0.05) is 26.2 Å². The lowest BCUT2D eigenvalue weighted by Gasteiger charge is -2.49. The maximum absolute atomic E-state index is 5.49. The first-order valence-corrected chi connectivity index (χ1v) is 8.36. The van der Waals surface area contributed by atoms with Crippen LogP contribution in [0.3, 0.4) is 0 Å². The predicted molar refractivity (Wildman–Crippen MR) is 80.6 cm³/mol. The summed E-state index contributed by atoms with van der Waals surface area (Å²) in [5, 5.41) is 3.89. The molecule has 1 saturated carbocycles. The zero-order valence-electron chi connectivity index (χ0n) is 12.9. The molecule has 2 fully saturated rings. The number of nitrogens with zero attached hydrogens (tertiary/aromatic N) is 1. The van der Waals surface area contributed by atoms with Crippen molar-refractivity contribution in [2.75, 3.05) is 32.8 Å². The molecule has 0 radical (unpaired) electrons. The van der Waals surface area contributed by atoms with Crippen LogP contribution in [-0.2, 0) is 4.74 Å². The van der Waals surface area contributed by atoms with E-state index < -0.39 is 0 Å². The minimum Gasteiger partial charge on any atom is -0.382 e. The van der Waals surface area contributed by atoms with Crippen molar-refractivity contribution < 1.29 is 4.74 Å². The average Bonchev–Trinajstić information content (AvgIpc) is 2.45. The molecule has 2 aliphatic rings. The Balaban J connectivity index is 1.85. The second kappa shape index (κ2) is 7.61. The Bertz CT molecular complexity index is 251. The molecule has 1 atom stereocenters. The summed E-state index contributed by atoms with van der Waals surface area (Å²) in [5.74, 6) is 0. The van der Waals surface area contributed by atoms with Crippen molar-refractivity contribution in [2.24, 2.45) is 0 Å². The van der Waals surface area contributed by atoms with Crippen LogP contribution in [0.15, 0.2) is 0 Å². The van der Waals surface area contributed by atoms with Crippen molar-refractivity contribution in [3.63, 3.8) is 0 Å². The molecule has 0 aromatic heterocycles. The lowest BCUT2D eigenvalue weighted by molar-refractivity contribution is 0.0445. The van der Waals surface area contributed by atoms with Gasteiger partial charge in [0.2, 0.25) is 0 Å². The van der Waals surface area contributed by atoms with Gasteiger partial charge in [-0.05, 0) is 32.6 Å². The SMILES string of the molecule is CCOCCCN1CC2(CCCCC2)NCC1CC. The second-order valence-corrected chi connectivity index (χ2v) is 6.30. The summed E-state index contributed by atoms with van der Waals surface area (Å²) < 4.78 is 5.49. The Morgan fingerprint density at radius 1 is 1.21 bits per heavy atom. The third-order valence-electron chi connectivity index (χ3n) is 4.95. The Morgan fingerprint density at radius 3 is 2.68 bits per heavy atom. The van der Waals surface area contributed by atoms with Crippen LogP contribution in [0.4, 0.5) is 0 Å². The fourth-order valence-corrected chi connectivity index (χ4v) is 3.78. The summed E-state index contributed by atoms with van der Waals surface area (Å²) in [6.07, 6.45) is 9.47. The maximum atomic E-state index is 5.49.